The van der Waals surface area contributed by atoms with Gasteiger partial charge >= 0.3 is 0 Å². The van der Waals surface area contributed by atoms with Crippen molar-refractivity contribution < 1.29 is 28.9 Å². The highest BCUT2D eigenvalue weighted by Gasteiger charge is 2.31. The van der Waals surface area contributed by atoms with Crippen molar-refractivity contribution in [3.8, 4) is 11.1 Å². The number of nitrogens with one attached hydrogen (secondary N) is 1. The third-order valence-corrected chi connectivity index (χ3v) is 4.87. The van der Waals surface area contributed by atoms with Gasteiger partial charge in [-0.2, -0.15) is 0 Å². The van der Waals surface area contributed by atoms with Crippen LogP contribution in [0.4, 0.5) is 11.4 Å². The van der Waals surface area contributed by atoms with Gasteiger partial charge in [0, 0.05) is 23.3 Å². The number of benzene rings is 2. The van der Waals surface area contributed by atoms with E-state index in [1.807, 2.05) is 0 Å². The predicted molar refractivity (Wildman–Crippen MR) is 95.5 cm³/mol. The highest BCUT2D eigenvalue weighted by molar-refractivity contribution is 5.86. The molecule has 1 aliphatic rings. The van der Waals surface area contributed by atoms with E-state index in [4.69, 9.17) is 0 Å². The van der Waals surface area contributed by atoms with Gasteiger partial charge in [-0.15, -0.1) is 0 Å². The van der Waals surface area contributed by atoms with Gasteiger partial charge in [-0.05, 0) is 34.1 Å². The molecular formula is C21H28IN. The summed E-state index contributed by atoms with van der Waals surface area (Å²) in [5.74, 6) is 0. The molecule has 1 heterocycles. The van der Waals surface area contributed by atoms with E-state index in [1.54, 1.807) is 0 Å². The molecule has 0 aliphatic carbocycles. The molecule has 0 saturated heterocycles. The van der Waals surface area contributed by atoms with Crippen molar-refractivity contribution in [2.75, 3.05) is 7.05 Å². The molecule has 3 rings (SSSR count). The van der Waals surface area contributed by atoms with E-state index in [0.717, 1.165) is 0 Å². The quantitative estimate of drug-likeness (QED) is 0.619. The Morgan fingerprint density at radius 1 is 0.652 bits per heavy atom. The lowest BCUT2D eigenvalue weighted by Gasteiger charge is -2.20. The normalized spacial score (nSPS) is 14.2. The van der Waals surface area contributed by atoms with Crippen LogP contribution in [0.25, 0.3) is 11.1 Å². The van der Waals surface area contributed by atoms with Gasteiger partial charge in [0.1, 0.15) is 11.4 Å². The smallest absolute Gasteiger partial charge is 0.144 e. The summed E-state index contributed by atoms with van der Waals surface area (Å²) in [5, 5.41) is 0. The van der Waals surface area contributed by atoms with Gasteiger partial charge in [0.2, 0.25) is 0 Å². The highest BCUT2D eigenvalue weighted by atomic mass is 127. The summed E-state index contributed by atoms with van der Waals surface area (Å²) in [6.07, 6.45) is 0. The Hall–Kier alpha value is -0.870. The van der Waals surface area contributed by atoms with Crippen molar-refractivity contribution in [3.05, 3.63) is 47.5 Å². The van der Waals surface area contributed by atoms with Crippen LogP contribution in [0.2, 0.25) is 0 Å². The Balaban J connectivity index is 0.00000192. The summed E-state index contributed by atoms with van der Waals surface area (Å²) in [6, 6.07) is 14.0. The van der Waals surface area contributed by atoms with Crippen LogP contribution < -0.4 is 28.9 Å². The van der Waals surface area contributed by atoms with Crippen LogP contribution in [0.5, 0.6) is 0 Å². The van der Waals surface area contributed by atoms with E-state index in [0.29, 0.717) is 0 Å². The number of fused-ring (bicyclic) bond motifs is 3. The fourth-order valence-electron chi connectivity index (χ4n) is 3.27. The van der Waals surface area contributed by atoms with Crippen molar-refractivity contribution in [1.82, 2.24) is 0 Å². The summed E-state index contributed by atoms with van der Waals surface area (Å²) < 4.78 is 0. The largest absolute Gasteiger partial charge is 1.00 e. The first-order valence-corrected chi connectivity index (χ1v) is 8.23. The SMILES string of the molecule is C[NH+]1c2ccc(C(C)(C)C)cc2-c2cc(C(C)(C)C)ccc21.[I-]. The summed E-state index contributed by atoms with van der Waals surface area (Å²) in [4.78, 5) is 1.41. The van der Waals surface area contributed by atoms with E-state index >= 15 is 0 Å². The standard InChI is InChI=1S/C21H27N.HI/c1-20(2,3)14-8-10-18-16(12-14)17-13-15(21(4,5)6)9-11-19(17)22(18)7;/h8-13H,1-7H3;1H. The Labute approximate surface area is 158 Å². The van der Waals surface area contributed by atoms with Crippen molar-refractivity contribution >= 4 is 11.4 Å². The van der Waals surface area contributed by atoms with Gasteiger partial charge < -0.3 is 24.0 Å². The van der Waals surface area contributed by atoms with Crippen molar-refractivity contribution in [2.45, 2.75) is 52.4 Å². The molecule has 2 aromatic carbocycles. The zero-order valence-corrected chi connectivity index (χ0v) is 17.5. The molecule has 0 spiro atoms. The van der Waals surface area contributed by atoms with Gasteiger partial charge in [0.15, 0.2) is 0 Å². The third kappa shape index (κ3) is 3.20. The predicted octanol–water partition coefficient (Wildman–Crippen LogP) is 1.74. The Bertz CT molecular complexity index is 669. The lowest BCUT2D eigenvalue weighted by Crippen LogP contribution is -3.00. The minimum absolute atomic E-state index is 0. The second-order valence-corrected chi connectivity index (χ2v) is 8.65. The van der Waals surface area contributed by atoms with Gasteiger partial charge in [0.05, 0.1) is 7.05 Å². The second-order valence-electron chi connectivity index (χ2n) is 8.65. The maximum Gasteiger partial charge on any atom is 0.144 e. The topological polar surface area (TPSA) is 4.44 Å². The zero-order valence-electron chi connectivity index (χ0n) is 15.3. The average molecular weight is 421 g/mol. The minimum Gasteiger partial charge on any atom is -1.00 e. The van der Waals surface area contributed by atoms with Crippen LogP contribution in [0, 0.1) is 0 Å². The zero-order chi connectivity index (χ0) is 16.3. The van der Waals surface area contributed by atoms with E-state index < -0.39 is 0 Å². The number of hydrogen-bond donors (Lipinski definition) is 1. The first-order valence-electron chi connectivity index (χ1n) is 8.23. The highest BCUT2D eigenvalue weighted by Crippen LogP contribution is 2.41. The van der Waals surface area contributed by atoms with Crippen LogP contribution >= 0.6 is 0 Å². The Morgan fingerprint density at radius 2 is 1.00 bits per heavy atom. The molecule has 0 unspecified atom stereocenters. The fraction of sp³-hybridized carbons (Fsp3) is 0.429. The molecule has 2 heteroatoms. The molecule has 1 nitrogen and oxygen atoms in total. The van der Waals surface area contributed by atoms with Crippen molar-refractivity contribution in [3.63, 3.8) is 0 Å². The number of halogens is 1. The van der Waals surface area contributed by atoms with E-state index in [1.165, 1.54) is 38.5 Å². The first-order chi connectivity index (χ1) is 10.1. The monoisotopic (exact) mass is 421 g/mol. The van der Waals surface area contributed by atoms with Crippen LogP contribution in [0.15, 0.2) is 36.4 Å². The van der Waals surface area contributed by atoms with Gasteiger partial charge in [0.25, 0.3) is 0 Å². The van der Waals surface area contributed by atoms with E-state index in [-0.39, 0.29) is 34.8 Å². The Morgan fingerprint density at radius 3 is 1.30 bits per heavy atom. The average Bonchev–Trinajstić information content (AvgIpc) is 2.70. The van der Waals surface area contributed by atoms with Crippen LogP contribution in [-0.2, 0) is 10.8 Å². The third-order valence-electron chi connectivity index (χ3n) is 4.87. The number of hydrogen-bond acceptors (Lipinski definition) is 0. The Kier molecular flexibility index (Phi) is 4.73. The number of rotatable bonds is 0. The van der Waals surface area contributed by atoms with Crippen LogP contribution in [-0.4, -0.2) is 7.05 Å². The molecule has 0 radical (unpaired) electrons. The van der Waals surface area contributed by atoms with E-state index in [9.17, 15) is 0 Å². The molecule has 1 aliphatic heterocycles. The van der Waals surface area contributed by atoms with Crippen LogP contribution in [0.1, 0.15) is 52.7 Å². The van der Waals surface area contributed by atoms with Crippen molar-refractivity contribution in [1.29, 1.82) is 0 Å². The molecule has 0 atom stereocenters. The van der Waals surface area contributed by atoms with Gasteiger partial charge in [-0.3, -0.25) is 4.90 Å². The lowest BCUT2D eigenvalue weighted by molar-refractivity contribution is -0.731. The summed E-state index contributed by atoms with van der Waals surface area (Å²) in [5.41, 5.74) is 8.81. The fourth-order valence-corrected chi connectivity index (χ4v) is 3.27. The first kappa shape index (κ1) is 18.5. The molecule has 0 amide bonds. The van der Waals surface area contributed by atoms with Gasteiger partial charge in [-0.1, -0.05) is 53.7 Å². The minimum atomic E-state index is 0. The molecule has 124 valence electrons. The second kappa shape index (κ2) is 5.89. The summed E-state index contributed by atoms with van der Waals surface area (Å²) >= 11 is 0. The molecule has 0 fully saturated rings. The summed E-state index contributed by atoms with van der Waals surface area (Å²) in [6.45, 7) is 13.7. The molecule has 0 aromatic heterocycles. The van der Waals surface area contributed by atoms with Crippen molar-refractivity contribution in [2.24, 2.45) is 0 Å². The van der Waals surface area contributed by atoms with Gasteiger partial charge in [-0.25, -0.2) is 0 Å². The lowest BCUT2D eigenvalue weighted by atomic mass is 9.83. The molecule has 23 heavy (non-hydrogen) atoms. The molecular weight excluding hydrogens is 393 g/mol. The molecule has 0 bridgehead atoms. The maximum absolute atomic E-state index is 2.40. The summed E-state index contributed by atoms with van der Waals surface area (Å²) in [7, 11) is 2.25. The number of quaternary nitrogens is 1. The molecule has 1 N–H and O–H groups in total. The molecule has 0 saturated carbocycles. The molecule has 2 aromatic rings. The maximum atomic E-state index is 2.40. The van der Waals surface area contributed by atoms with E-state index in [2.05, 4.69) is 85.0 Å². The van der Waals surface area contributed by atoms with Crippen LogP contribution in [0.3, 0.4) is 0 Å².